The van der Waals surface area contributed by atoms with Crippen molar-refractivity contribution in [1.82, 2.24) is 10.2 Å². The molecule has 1 aromatic carbocycles. The van der Waals surface area contributed by atoms with Gasteiger partial charge in [-0.15, -0.1) is 12.4 Å². The van der Waals surface area contributed by atoms with Crippen molar-refractivity contribution in [2.75, 3.05) is 19.6 Å². The number of thioether (sulfide) groups is 1. The quantitative estimate of drug-likeness (QED) is 0.754. The number of halogens is 2. The molecule has 2 aliphatic rings. The van der Waals surface area contributed by atoms with E-state index in [4.69, 9.17) is 0 Å². The van der Waals surface area contributed by atoms with Crippen LogP contribution in [0.5, 0.6) is 5.75 Å². The highest BCUT2D eigenvalue weighted by molar-refractivity contribution is 8.18. The van der Waals surface area contributed by atoms with Gasteiger partial charge in [0.1, 0.15) is 11.6 Å². The van der Waals surface area contributed by atoms with Gasteiger partial charge in [0.25, 0.3) is 5.91 Å². The SMILES string of the molecule is C[C@H]1CNCCN1C1=NC(=O)/C(=C/c2ccc(F)cc2O)S1.Cl. The average Bonchev–Trinajstić information content (AvgIpc) is 2.83. The van der Waals surface area contributed by atoms with E-state index in [1.165, 1.54) is 23.9 Å². The van der Waals surface area contributed by atoms with Gasteiger partial charge in [0.2, 0.25) is 0 Å². The summed E-state index contributed by atoms with van der Waals surface area (Å²) in [7, 11) is 0. The molecular formula is C15H17ClFN3O2S. The number of nitrogens with zero attached hydrogens (tertiary/aromatic N) is 2. The van der Waals surface area contributed by atoms with E-state index in [2.05, 4.69) is 22.1 Å². The number of phenolic OH excluding ortho intramolecular Hbond substituents is 1. The Labute approximate surface area is 144 Å². The number of amidine groups is 1. The van der Waals surface area contributed by atoms with Gasteiger partial charge in [-0.05, 0) is 36.9 Å². The van der Waals surface area contributed by atoms with Crippen molar-refractivity contribution in [3.63, 3.8) is 0 Å². The first kappa shape index (κ1) is 17.8. The van der Waals surface area contributed by atoms with Crippen molar-refractivity contribution in [3.8, 4) is 5.75 Å². The molecule has 0 bridgehead atoms. The Morgan fingerprint density at radius 1 is 1.52 bits per heavy atom. The monoisotopic (exact) mass is 357 g/mol. The fourth-order valence-electron chi connectivity index (χ4n) is 2.43. The van der Waals surface area contributed by atoms with Crippen molar-refractivity contribution in [2.24, 2.45) is 4.99 Å². The topological polar surface area (TPSA) is 64.9 Å². The molecule has 8 heteroatoms. The highest BCUT2D eigenvalue weighted by atomic mass is 35.5. The van der Waals surface area contributed by atoms with Crippen LogP contribution in [0.1, 0.15) is 12.5 Å². The molecule has 23 heavy (non-hydrogen) atoms. The maximum absolute atomic E-state index is 13.0. The number of phenols is 1. The largest absolute Gasteiger partial charge is 0.507 e. The van der Waals surface area contributed by atoms with Gasteiger partial charge in [0, 0.05) is 37.3 Å². The molecule has 0 unspecified atom stereocenters. The second-order valence-corrected chi connectivity index (χ2v) is 6.27. The van der Waals surface area contributed by atoms with E-state index in [0.29, 0.717) is 15.6 Å². The number of aromatic hydroxyl groups is 1. The predicted molar refractivity (Wildman–Crippen MR) is 92.4 cm³/mol. The number of carbonyl (C=O) groups excluding carboxylic acids is 1. The van der Waals surface area contributed by atoms with Gasteiger partial charge in [-0.25, -0.2) is 4.39 Å². The summed E-state index contributed by atoms with van der Waals surface area (Å²) >= 11 is 1.29. The van der Waals surface area contributed by atoms with Gasteiger partial charge in [0.15, 0.2) is 5.17 Å². The summed E-state index contributed by atoms with van der Waals surface area (Å²) in [5.74, 6) is -1.03. The Balaban J connectivity index is 0.00000192. The lowest BCUT2D eigenvalue weighted by atomic mass is 10.2. The number of hydrogen-bond donors (Lipinski definition) is 2. The Bertz CT molecular complexity index is 681. The lowest BCUT2D eigenvalue weighted by Gasteiger charge is -2.34. The van der Waals surface area contributed by atoms with E-state index in [9.17, 15) is 14.3 Å². The van der Waals surface area contributed by atoms with E-state index >= 15 is 0 Å². The van der Waals surface area contributed by atoms with Crippen LogP contribution >= 0.6 is 24.2 Å². The minimum absolute atomic E-state index is 0. The van der Waals surface area contributed by atoms with Crippen molar-refractivity contribution in [2.45, 2.75) is 13.0 Å². The van der Waals surface area contributed by atoms with Crippen molar-refractivity contribution in [3.05, 3.63) is 34.5 Å². The van der Waals surface area contributed by atoms with Crippen LogP contribution < -0.4 is 5.32 Å². The molecule has 1 fully saturated rings. The molecule has 0 radical (unpaired) electrons. The van der Waals surface area contributed by atoms with Crippen molar-refractivity contribution in [1.29, 1.82) is 0 Å². The summed E-state index contributed by atoms with van der Waals surface area (Å²) < 4.78 is 13.0. The fourth-order valence-corrected chi connectivity index (χ4v) is 3.46. The van der Waals surface area contributed by atoms with E-state index in [-0.39, 0.29) is 30.1 Å². The number of piperazine rings is 1. The van der Waals surface area contributed by atoms with Crippen LogP contribution in [-0.4, -0.2) is 46.8 Å². The Morgan fingerprint density at radius 2 is 2.30 bits per heavy atom. The van der Waals surface area contributed by atoms with Crippen LogP contribution in [0.2, 0.25) is 0 Å². The number of nitrogens with one attached hydrogen (secondary N) is 1. The lowest BCUT2D eigenvalue weighted by molar-refractivity contribution is -0.113. The molecule has 1 saturated heterocycles. The maximum atomic E-state index is 13.0. The van der Waals surface area contributed by atoms with E-state index < -0.39 is 5.82 Å². The summed E-state index contributed by atoms with van der Waals surface area (Å²) in [5.41, 5.74) is 0.405. The zero-order valence-electron chi connectivity index (χ0n) is 12.5. The molecule has 0 aliphatic carbocycles. The zero-order chi connectivity index (χ0) is 15.7. The van der Waals surface area contributed by atoms with E-state index in [1.54, 1.807) is 6.08 Å². The number of amides is 1. The summed E-state index contributed by atoms with van der Waals surface area (Å²) in [6, 6.07) is 3.98. The van der Waals surface area contributed by atoms with Crippen LogP contribution in [0, 0.1) is 5.82 Å². The lowest BCUT2D eigenvalue weighted by Crippen LogP contribution is -2.51. The molecule has 2 heterocycles. The first-order valence-electron chi connectivity index (χ1n) is 7.03. The fraction of sp³-hybridized carbons (Fsp3) is 0.333. The van der Waals surface area contributed by atoms with Gasteiger partial charge >= 0.3 is 0 Å². The summed E-state index contributed by atoms with van der Waals surface area (Å²) in [6.45, 7) is 4.59. The third-order valence-electron chi connectivity index (χ3n) is 3.64. The second kappa shape index (κ2) is 7.33. The number of hydrogen-bond acceptors (Lipinski definition) is 5. The molecule has 1 amide bonds. The van der Waals surface area contributed by atoms with Gasteiger partial charge < -0.3 is 15.3 Å². The highest BCUT2D eigenvalue weighted by Gasteiger charge is 2.30. The van der Waals surface area contributed by atoms with Crippen LogP contribution in [0.25, 0.3) is 6.08 Å². The molecular weight excluding hydrogens is 341 g/mol. The first-order valence-corrected chi connectivity index (χ1v) is 7.84. The van der Waals surface area contributed by atoms with Gasteiger partial charge in [0.05, 0.1) is 4.91 Å². The van der Waals surface area contributed by atoms with E-state index in [1.807, 2.05) is 0 Å². The predicted octanol–water partition coefficient (Wildman–Crippen LogP) is 2.22. The zero-order valence-corrected chi connectivity index (χ0v) is 14.1. The minimum Gasteiger partial charge on any atom is -0.507 e. The Morgan fingerprint density at radius 3 is 3.00 bits per heavy atom. The van der Waals surface area contributed by atoms with Crippen LogP contribution in [-0.2, 0) is 4.79 Å². The normalized spacial score (nSPS) is 23.0. The van der Waals surface area contributed by atoms with Gasteiger partial charge in [-0.1, -0.05) is 0 Å². The summed E-state index contributed by atoms with van der Waals surface area (Å²) in [5, 5.41) is 13.7. The van der Waals surface area contributed by atoms with Crippen molar-refractivity contribution < 1.29 is 14.3 Å². The first-order chi connectivity index (χ1) is 10.5. The van der Waals surface area contributed by atoms with Crippen molar-refractivity contribution >= 4 is 41.3 Å². The maximum Gasteiger partial charge on any atom is 0.286 e. The molecule has 0 spiro atoms. The second-order valence-electron chi connectivity index (χ2n) is 5.26. The number of rotatable bonds is 1. The van der Waals surface area contributed by atoms with Crippen LogP contribution in [0.3, 0.4) is 0 Å². The van der Waals surface area contributed by atoms with Crippen LogP contribution in [0.4, 0.5) is 4.39 Å². The molecule has 2 aliphatic heterocycles. The summed E-state index contributed by atoms with van der Waals surface area (Å²) in [6.07, 6.45) is 1.55. The average molecular weight is 358 g/mol. The Hall–Kier alpha value is -1.57. The highest BCUT2D eigenvalue weighted by Crippen LogP contribution is 2.33. The molecule has 0 aromatic heterocycles. The third kappa shape index (κ3) is 3.85. The molecule has 5 nitrogen and oxygen atoms in total. The molecule has 0 saturated carbocycles. The van der Waals surface area contributed by atoms with Gasteiger partial charge in [-0.2, -0.15) is 4.99 Å². The number of benzene rings is 1. The minimum atomic E-state index is -0.517. The molecule has 1 aromatic rings. The van der Waals surface area contributed by atoms with Gasteiger partial charge in [-0.3, -0.25) is 4.79 Å². The smallest absolute Gasteiger partial charge is 0.286 e. The standard InChI is InChI=1S/C15H16FN3O2S.ClH/c1-9-8-17-4-5-19(9)15-18-14(21)13(22-15)6-10-2-3-11(16)7-12(10)20;/h2-3,6-7,9,17,20H,4-5,8H2,1H3;1H/b13-6-;/t9-;/m0./s1. The number of carbonyl (C=O) groups is 1. The number of aliphatic imine (C=N–C) groups is 1. The third-order valence-corrected chi connectivity index (χ3v) is 4.66. The molecule has 124 valence electrons. The Kier molecular flexibility index (Phi) is 5.67. The van der Waals surface area contributed by atoms with E-state index in [0.717, 1.165) is 25.7 Å². The molecule has 3 rings (SSSR count). The molecule has 1 atom stereocenters. The summed E-state index contributed by atoms with van der Waals surface area (Å²) in [4.78, 5) is 18.7. The molecule has 2 N–H and O–H groups in total. The van der Waals surface area contributed by atoms with Crippen LogP contribution in [0.15, 0.2) is 28.1 Å².